The van der Waals surface area contributed by atoms with E-state index in [1.165, 1.54) is 14.2 Å². The Balaban J connectivity index is 2.92. The Bertz CT molecular complexity index is 625. The number of benzene rings is 1. The maximum Gasteiger partial charge on any atom is 0.334 e. The average Bonchev–Trinajstić information content (AvgIpc) is 2.36. The van der Waals surface area contributed by atoms with E-state index in [-0.39, 0.29) is 11.6 Å². The first-order valence-electron chi connectivity index (χ1n) is 5.25. The molecule has 1 aromatic carbocycles. The van der Waals surface area contributed by atoms with E-state index in [1.807, 2.05) is 0 Å². The molecule has 18 heavy (non-hydrogen) atoms. The zero-order chi connectivity index (χ0) is 13.3. The number of nitro groups is 1. The van der Waals surface area contributed by atoms with Gasteiger partial charge in [0.2, 0.25) is 0 Å². The molecule has 0 aliphatic rings. The Morgan fingerprint density at radius 2 is 2.00 bits per heavy atom. The Morgan fingerprint density at radius 1 is 1.28 bits per heavy atom. The van der Waals surface area contributed by atoms with E-state index in [0.717, 1.165) is 0 Å². The number of methoxy groups -OCH3 is 2. The van der Waals surface area contributed by atoms with Gasteiger partial charge in [-0.3, -0.25) is 10.1 Å². The number of rotatable bonds is 3. The highest BCUT2D eigenvalue weighted by Crippen LogP contribution is 2.37. The van der Waals surface area contributed by atoms with Crippen molar-refractivity contribution in [3.05, 3.63) is 33.9 Å². The molecule has 0 spiro atoms. The van der Waals surface area contributed by atoms with E-state index in [1.54, 1.807) is 25.1 Å². The fraction of sp³-hybridized carbons (Fsp3) is 0.250. The highest BCUT2D eigenvalue weighted by atomic mass is 16.6. The van der Waals surface area contributed by atoms with Crippen molar-refractivity contribution in [3.63, 3.8) is 0 Å². The van der Waals surface area contributed by atoms with Gasteiger partial charge in [0.05, 0.1) is 30.0 Å². The molecule has 0 saturated heterocycles. The summed E-state index contributed by atoms with van der Waals surface area (Å²) in [6.07, 6.45) is 0. The van der Waals surface area contributed by atoms with Gasteiger partial charge in [-0.05, 0) is 19.1 Å². The van der Waals surface area contributed by atoms with Crippen LogP contribution in [0.4, 0.5) is 5.69 Å². The van der Waals surface area contributed by atoms with Gasteiger partial charge in [0.25, 0.3) is 5.88 Å². The minimum Gasteiger partial charge on any atom is -0.496 e. The van der Waals surface area contributed by atoms with Crippen molar-refractivity contribution in [3.8, 4) is 11.6 Å². The lowest BCUT2D eigenvalue weighted by atomic mass is 10.1. The number of pyridine rings is 1. The van der Waals surface area contributed by atoms with Crippen LogP contribution in [-0.4, -0.2) is 24.1 Å². The monoisotopic (exact) mass is 248 g/mol. The Hall–Kier alpha value is -2.37. The zero-order valence-electron chi connectivity index (χ0n) is 10.3. The van der Waals surface area contributed by atoms with Crippen molar-refractivity contribution in [2.24, 2.45) is 0 Å². The summed E-state index contributed by atoms with van der Waals surface area (Å²) >= 11 is 0. The van der Waals surface area contributed by atoms with Gasteiger partial charge < -0.3 is 9.47 Å². The third-order valence-corrected chi connectivity index (χ3v) is 2.75. The van der Waals surface area contributed by atoms with Gasteiger partial charge in [-0.1, -0.05) is 6.07 Å². The molecule has 94 valence electrons. The first-order chi connectivity index (χ1) is 8.60. The van der Waals surface area contributed by atoms with Gasteiger partial charge in [0, 0.05) is 5.56 Å². The van der Waals surface area contributed by atoms with Crippen LogP contribution in [0.25, 0.3) is 10.9 Å². The van der Waals surface area contributed by atoms with Crippen LogP contribution in [0.2, 0.25) is 0 Å². The fourth-order valence-electron chi connectivity index (χ4n) is 1.96. The second kappa shape index (κ2) is 4.48. The van der Waals surface area contributed by atoms with Crippen LogP contribution in [-0.2, 0) is 0 Å². The molecule has 2 rings (SSSR count). The Kier molecular flexibility index (Phi) is 3.01. The summed E-state index contributed by atoms with van der Waals surface area (Å²) in [6, 6.07) is 5.28. The number of fused-ring (bicyclic) bond motifs is 1. The second-order valence-electron chi connectivity index (χ2n) is 3.71. The second-order valence-corrected chi connectivity index (χ2v) is 3.71. The molecular weight excluding hydrogens is 236 g/mol. The molecule has 0 amide bonds. The fourth-order valence-corrected chi connectivity index (χ4v) is 1.96. The van der Waals surface area contributed by atoms with Crippen LogP contribution >= 0.6 is 0 Å². The summed E-state index contributed by atoms with van der Waals surface area (Å²) in [5, 5.41) is 11.7. The van der Waals surface area contributed by atoms with Crippen LogP contribution in [0.1, 0.15) is 5.56 Å². The summed E-state index contributed by atoms with van der Waals surface area (Å²) in [5.74, 6) is 0.571. The molecule has 2 aromatic rings. The number of hydrogen-bond donors (Lipinski definition) is 0. The minimum absolute atomic E-state index is 0.0123. The molecule has 6 nitrogen and oxygen atoms in total. The third kappa shape index (κ3) is 1.71. The predicted octanol–water partition coefficient (Wildman–Crippen LogP) is 2.47. The maximum atomic E-state index is 11.1. The van der Waals surface area contributed by atoms with Gasteiger partial charge >= 0.3 is 5.69 Å². The quantitative estimate of drug-likeness (QED) is 0.616. The molecule has 0 aliphatic carbocycles. The van der Waals surface area contributed by atoms with Crippen LogP contribution in [0.15, 0.2) is 18.2 Å². The number of ether oxygens (including phenoxy) is 2. The van der Waals surface area contributed by atoms with E-state index < -0.39 is 4.92 Å². The molecule has 0 unspecified atom stereocenters. The molecule has 0 atom stereocenters. The first kappa shape index (κ1) is 12.1. The summed E-state index contributed by atoms with van der Waals surface area (Å²) < 4.78 is 10.2. The lowest BCUT2D eigenvalue weighted by Crippen LogP contribution is -2.01. The van der Waals surface area contributed by atoms with Crippen molar-refractivity contribution in [2.75, 3.05) is 14.2 Å². The number of aromatic nitrogens is 1. The Morgan fingerprint density at radius 3 is 2.56 bits per heavy atom. The van der Waals surface area contributed by atoms with E-state index >= 15 is 0 Å². The van der Waals surface area contributed by atoms with Gasteiger partial charge in [0.1, 0.15) is 5.75 Å². The van der Waals surface area contributed by atoms with E-state index in [2.05, 4.69) is 4.98 Å². The van der Waals surface area contributed by atoms with Gasteiger partial charge in [-0.2, -0.15) is 0 Å². The number of nitrogens with zero attached hydrogens (tertiary/aromatic N) is 2. The van der Waals surface area contributed by atoms with Crippen LogP contribution in [0.5, 0.6) is 11.6 Å². The zero-order valence-corrected chi connectivity index (χ0v) is 10.3. The summed E-state index contributed by atoms with van der Waals surface area (Å²) in [6.45, 7) is 1.66. The van der Waals surface area contributed by atoms with Crippen molar-refractivity contribution in [1.29, 1.82) is 0 Å². The highest BCUT2D eigenvalue weighted by molar-refractivity contribution is 5.92. The van der Waals surface area contributed by atoms with Crippen molar-refractivity contribution < 1.29 is 14.4 Å². The maximum absolute atomic E-state index is 11.1. The predicted molar refractivity (Wildman–Crippen MR) is 66.2 cm³/mol. The lowest BCUT2D eigenvalue weighted by molar-refractivity contribution is -0.386. The molecule has 6 heteroatoms. The van der Waals surface area contributed by atoms with Gasteiger partial charge in [-0.15, -0.1) is 0 Å². The summed E-state index contributed by atoms with van der Waals surface area (Å²) in [7, 11) is 2.88. The van der Waals surface area contributed by atoms with E-state index in [0.29, 0.717) is 22.2 Å². The van der Waals surface area contributed by atoms with E-state index in [9.17, 15) is 10.1 Å². The molecular formula is C12H12N2O4. The van der Waals surface area contributed by atoms with Crippen LogP contribution in [0.3, 0.4) is 0 Å². The van der Waals surface area contributed by atoms with Crippen molar-refractivity contribution in [1.82, 2.24) is 4.98 Å². The lowest BCUT2D eigenvalue weighted by Gasteiger charge is -2.10. The van der Waals surface area contributed by atoms with Gasteiger partial charge in [0.15, 0.2) is 0 Å². The average molecular weight is 248 g/mol. The third-order valence-electron chi connectivity index (χ3n) is 2.75. The van der Waals surface area contributed by atoms with Gasteiger partial charge in [-0.25, -0.2) is 4.98 Å². The SMILES string of the molecule is COc1nc2cccc(OC)c2c(C)c1[N+](=O)[O-]. The van der Waals surface area contributed by atoms with Crippen molar-refractivity contribution in [2.45, 2.75) is 6.92 Å². The summed E-state index contributed by atoms with van der Waals surface area (Å²) in [5.41, 5.74) is 0.961. The molecule has 0 aliphatic heterocycles. The summed E-state index contributed by atoms with van der Waals surface area (Å²) in [4.78, 5) is 14.7. The van der Waals surface area contributed by atoms with Crippen molar-refractivity contribution >= 4 is 16.6 Å². The molecule has 0 N–H and O–H groups in total. The molecule has 1 aromatic heterocycles. The smallest absolute Gasteiger partial charge is 0.334 e. The minimum atomic E-state index is -0.493. The molecule has 0 fully saturated rings. The van der Waals surface area contributed by atoms with Crippen LogP contribution in [0, 0.1) is 17.0 Å². The normalized spacial score (nSPS) is 10.4. The first-order valence-corrected chi connectivity index (χ1v) is 5.25. The Labute approximate surface area is 103 Å². The van der Waals surface area contributed by atoms with E-state index in [4.69, 9.17) is 9.47 Å². The molecule has 0 radical (unpaired) electrons. The topological polar surface area (TPSA) is 74.5 Å². The highest BCUT2D eigenvalue weighted by Gasteiger charge is 2.24. The largest absolute Gasteiger partial charge is 0.496 e. The number of hydrogen-bond acceptors (Lipinski definition) is 5. The molecule has 0 bridgehead atoms. The standard InChI is InChI=1S/C12H12N2O4/c1-7-10-8(5-4-6-9(10)17-2)13-12(18-3)11(7)14(15)16/h4-6H,1-3H3. The van der Waals surface area contributed by atoms with Crippen LogP contribution < -0.4 is 9.47 Å². The molecule has 0 saturated carbocycles. The number of aryl methyl sites for hydroxylation is 1. The molecule has 1 heterocycles.